The molecule has 3 aromatic rings. The zero-order chi connectivity index (χ0) is 31.9. The maximum atomic E-state index is 15.7. The molecule has 0 spiro atoms. The van der Waals surface area contributed by atoms with Crippen LogP contribution in [0.5, 0.6) is 0 Å². The van der Waals surface area contributed by atoms with Crippen LogP contribution in [0.3, 0.4) is 0 Å². The van der Waals surface area contributed by atoms with Crippen LogP contribution in [0, 0.1) is 5.82 Å². The van der Waals surface area contributed by atoms with Gasteiger partial charge in [0.2, 0.25) is 0 Å². The van der Waals surface area contributed by atoms with Gasteiger partial charge in [-0.1, -0.05) is 15.7 Å². The van der Waals surface area contributed by atoms with Crippen molar-refractivity contribution in [1.82, 2.24) is 19.9 Å². The molecule has 2 atom stereocenters. The highest BCUT2D eigenvalue weighted by Gasteiger charge is 2.59. The van der Waals surface area contributed by atoms with Crippen LogP contribution in [0.4, 0.5) is 30.3 Å². The summed E-state index contributed by atoms with van der Waals surface area (Å²) >= 11 is 0. The molecule has 13 heteroatoms. The number of cyclic esters (lactones) is 1. The van der Waals surface area contributed by atoms with Crippen molar-refractivity contribution in [2.75, 3.05) is 18.4 Å². The first-order chi connectivity index (χ1) is 20.6. The molecule has 2 N–H and O–H groups in total. The summed E-state index contributed by atoms with van der Waals surface area (Å²) in [6.07, 6.45) is 1.31. The number of hydrogen-bond donors (Lipinski definition) is 2. The summed E-state index contributed by atoms with van der Waals surface area (Å²) < 4.78 is 36.2. The van der Waals surface area contributed by atoms with Crippen molar-refractivity contribution in [2.24, 2.45) is 0 Å². The molecule has 0 radical (unpaired) electrons. The number of nitrogens with one attached hydrogen (secondary N) is 2. The van der Waals surface area contributed by atoms with Gasteiger partial charge in [-0.25, -0.2) is 9.18 Å². The highest BCUT2D eigenvalue weighted by Crippen LogP contribution is 2.45. The quantitative estimate of drug-likeness (QED) is 0.232. The number of nitrogens with zero attached hydrogens (tertiary/aromatic N) is 3. The van der Waals surface area contributed by atoms with Gasteiger partial charge in [0.15, 0.2) is 17.6 Å². The Bertz CT molecular complexity index is 1540. The van der Waals surface area contributed by atoms with Crippen LogP contribution in [0.25, 0.3) is 11.1 Å². The van der Waals surface area contributed by atoms with E-state index in [2.05, 4.69) is 20.8 Å². The number of halogens is 1. The predicted octanol–water partition coefficient (Wildman–Crippen LogP) is 6.26. The van der Waals surface area contributed by atoms with Gasteiger partial charge in [0.05, 0.1) is 17.8 Å². The summed E-state index contributed by atoms with van der Waals surface area (Å²) in [4.78, 5) is 43.8. The average molecular weight is 611 g/mol. The maximum absolute atomic E-state index is 15.7. The van der Waals surface area contributed by atoms with E-state index in [0.717, 1.165) is 6.07 Å². The molecule has 1 aromatic carbocycles. The van der Waals surface area contributed by atoms with E-state index < -0.39 is 51.4 Å². The molecule has 5 rings (SSSR count). The van der Waals surface area contributed by atoms with Gasteiger partial charge in [-0.3, -0.25) is 4.98 Å². The second-order valence-corrected chi connectivity index (χ2v) is 13.0. The zero-order valence-corrected chi connectivity index (χ0v) is 25.6. The normalized spacial score (nSPS) is 20.9. The Hall–Kier alpha value is -4.52. The summed E-state index contributed by atoms with van der Waals surface area (Å²) in [5.74, 6) is -0.227. The Kier molecular flexibility index (Phi) is 7.87. The van der Waals surface area contributed by atoms with Crippen molar-refractivity contribution in [1.29, 1.82) is 0 Å². The number of ether oxygens (including phenoxy) is 3. The van der Waals surface area contributed by atoms with Crippen LogP contribution in [-0.2, 0) is 19.7 Å². The number of pyridine rings is 1. The molecule has 44 heavy (non-hydrogen) atoms. The fourth-order valence-corrected chi connectivity index (χ4v) is 4.96. The number of alkyl carbamates (subject to hydrolysis) is 1. The Morgan fingerprint density at radius 3 is 2.36 bits per heavy atom. The van der Waals surface area contributed by atoms with Crippen LogP contribution in [0.2, 0.25) is 0 Å². The minimum absolute atomic E-state index is 0.0671. The third kappa shape index (κ3) is 6.52. The number of quaternary nitrogens is 1. The van der Waals surface area contributed by atoms with Crippen molar-refractivity contribution in [2.45, 2.75) is 77.2 Å². The van der Waals surface area contributed by atoms with Gasteiger partial charge < -0.3 is 29.4 Å². The third-order valence-electron chi connectivity index (χ3n) is 7.16. The van der Waals surface area contributed by atoms with E-state index >= 15 is 4.39 Å². The Morgan fingerprint density at radius 2 is 1.80 bits per heavy atom. The second kappa shape index (κ2) is 11.2. The van der Waals surface area contributed by atoms with Crippen molar-refractivity contribution in [3.05, 3.63) is 60.4 Å². The standard InChI is InChI=1S/C31H36FN5O7/c1-29(2,3)43-26(38)35-31(12-13-31)24-10-7-19(16-33-24)22-9-8-20(15-23(22)32)37(28(40)44-30(4,5)6)18-21(42-27(37)39)17-34-25-11-14-41-36-25/h7-11,14-16,21H,12-13,17-18H2,1-6H3,(H-,34,35,36,38)/p+1/t21?,37-/m1/s1. The zero-order valence-electron chi connectivity index (χ0n) is 25.6. The van der Waals surface area contributed by atoms with E-state index in [-0.39, 0.29) is 24.3 Å². The largest absolute Gasteiger partial charge is 0.532 e. The number of rotatable bonds is 7. The second-order valence-electron chi connectivity index (χ2n) is 13.0. The molecule has 2 aliphatic rings. The van der Waals surface area contributed by atoms with E-state index in [9.17, 15) is 14.4 Å². The maximum Gasteiger partial charge on any atom is 0.532 e. The lowest BCUT2D eigenvalue weighted by molar-refractivity contribution is 0.0345. The molecule has 234 valence electrons. The minimum Gasteiger partial charge on any atom is -0.444 e. The number of carbonyl (C=O) groups excluding carboxylic acids is 3. The first-order valence-corrected chi connectivity index (χ1v) is 14.4. The molecule has 1 saturated heterocycles. The summed E-state index contributed by atoms with van der Waals surface area (Å²) in [5, 5.41) is 9.66. The van der Waals surface area contributed by atoms with E-state index in [4.69, 9.17) is 18.7 Å². The molecule has 1 unspecified atom stereocenters. The van der Waals surface area contributed by atoms with Crippen molar-refractivity contribution >= 4 is 29.8 Å². The van der Waals surface area contributed by atoms with Crippen LogP contribution in [-0.4, -0.2) is 58.8 Å². The predicted molar refractivity (Wildman–Crippen MR) is 158 cm³/mol. The fraction of sp³-hybridized carbons (Fsp3) is 0.452. The molecule has 12 nitrogen and oxygen atoms in total. The molecule has 1 saturated carbocycles. The van der Waals surface area contributed by atoms with E-state index in [1.54, 1.807) is 59.7 Å². The van der Waals surface area contributed by atoms with Gasteiger partial charge in [-0.05, 0) is 66.5 Å². The number of hydrogen-bond acceptors (Lipinski definition) is 10. The molecule has 1 aliphatic carbocycles. The van der Waals surface area contributed by atoms with Gasteiger partial charge in [0.25, 0.3) is 0 Å². The summed E-state index contributed by atoms with van der Waals surface area (Å²) in [7, 11) is 0. The Morgan fingerprint density at radius 1 is 1.07 bits per heavy atom. The lowest BCUT2D eigenvalue weighted by Crippen LogP contribution is -2.57. The van der Waals surface area contributed by atoms with Crippen LogP contribution in [0.15, 0.2) is 53.4 Å². The monoisotopic (exact) mass is 610 g/mol. The molecule has 1 aliphatic heterocycles. The summed E-state index contributed by atoms with van der Waals surface area (Å²) in [6.45, 7) is 10.4. The molecular formula is C31H37FN5O7+. The van der Waals surface area contributed by atoms with Crippen molar-refractivity contribution in [3.63, 3.8) is 0 Å². The molecular weight excluding hydrogens is 573 g/mol. The number of carbonyl (C=O) groups is 3. The van der Waals surface area contributed by atoms with Crippen LogP contribution < -0.4 is 15.1 Å². The van der Waals surface area contributed by atoms with Gasteiger partial charge in [-0.15, -0.1) is 0 Å². The Balaban J connectivity index is 1.38. The number of amides is 3. The van der Waals surface area contributed by atoms with Gasteiger partial charge in [0.1, 0.15) is 29.8 Å². The lowest BCUT2D eigenvalue weighted by atomic mass is 10.0. The summed E-state index contributed by atoms with van der Waals surface area (Å²) in [5.41, 5.74) is -0.760. The lowest BCUT2D eigenvalue weighted by Gasteiger charge is -2.28. The van der Waals surface area contributed by atoms with Gasteiger partial charge >= 0.3 is 18.3 Å². The van der Waals surface area contributed by atoms with E-state index in [1.165, 1.54) is 24.6 Å². The number of benzene rings is 1. The van der Waals surface area contributed by atoms with Crippen LogP contribution in [0.1, 0.15) is 60.1 Å². The SMILES string of the molecule is CC(C)(C)OC(=O)NC1(c2ccc(-c3ccc([N@+]4(C(=O)OC(C)(C)C)CC(CNc5ccon5)OC4=O)cc3F)cn2)CC1. The van der Waals surface area contributed by atoms with Crippen molar-refractivity contribution < 1.29 is 37.5 Å². The number of imide groups is 1. The molecule has 2 fully saturated rings. The number of aromatic nitrogens is 2. The average Bonchev–Trinajstić information content (AvgIpc) is 3.34. The molecule has 0 bridgehead atoms. The fourth-order valence-electron chi connectivity index (χ4n) is 4.96. The van der Waals surface area contributed by atoms with Crippen molar-refractivity contribution in [3.8, 4) is 11.1 Å². The highest BCUT2D eigenvalue weighted by atomic mass is 19.1. The smallest absolute Gasteiger partial charge is 0.444 e. The topological polar surface area (TPSA) is 142 Å². The van der Waals surface area contributed by atoms with E-state index in [1.807, 2.05) is 0 Å². The third-order valence-corrected chi connectivity index (χ3v) is 7.16. The minimum atomic E-state index is -0.977. The Labute approximate surface area is 254 Å². The van der Waals surface area contributed by atoms with Gasteiger partial charge in [-0.2, -0.15) is 9.59 Å². The molecule has 3 heterocycles. The molecule has 3 amide bonds. The first kappa shape index (κ1) is 30.9. The highest BCUT2D eigenvalue weighted by molar-refractivity contribution is 6.04. The first-order valence-electron chi connectivity index (χ1n) is 14.4. The number of anilines is 1. The van der Waals surface area contributed by atoms with Gasteiger partial charge in [0, 0.05) is 35.5 Å². The summed E-state index contributed by atoms with van der Waals surface area (Å²) in [6, 6.07) is 9.21. The van der Waals surface area contributed by atoms with Crippen LogP contribution >= 0.6 is 0 Å². The van der Waals surface area contributed by atoms with E-state index in [0.29, 0.717) is 29.9 Å². The molecule has 2 aromatic heterocycles.